The predicted molar refractivity (Wildman–Crippen MR) is 58.7 cm³/mol. The van der Waals surface area contributed by atoms with Crippen molar-refractivity contribution in [1.29, 1.82) is 0 Å². The lowest BCUT2D eigenvalue weighted by Gasteiger charge is -2.40. The van der Waals surface area contributed by atoms with Crippen molar-refractivity contribution < 1.29 is 14.3 Å². The van der Waals surface area contributed by atoms with Gasteiger partial charge in [-0.25, -0.2) is 0 Å². The average Bonchev–Trinajstić information content (AvgIpc) is 2.25. The molecule has 1 saturated carbocycles. The molecule has 0 spiro atoms. The zero-order valence-corrected chi connectivity index (χ0v) is 9.54. The number of carbonyl (C=O) groups is 2. The van der Waals surface area contributed by atoms with Gasteiger partial charge in [0.15, 0.2) is 0 Å². The Hall–Kier alpha value is -1.14. The third-order valence-corrected chi connectivity index (χ3v) is 2.94. The molecule has 1 rings (SSSR count). The molecule has 6 heteroatoms. The average molecular weight is 229 g/mol. The van der Waals surface area contributed by atoms with E-state index in [-0.39, 0.29) is 30.5 Å². The molecule has 4 N–H and O–H groups in total. The third-order valence-electron chi connectivity index (χ3n) is 2.94. The summed E-state index contributed by atoms with van der Waals surface area (Å²) in [5.74, 6) is -0.551. The molecule has 1 aliphatic carbocycles. The molecule has 0 saturated heterocycles. The maximum absolute atomic E-state index is 11.3. The van der Waals surface area contributed by atoms with E-state index in [2.05, 4.69) is 10.6 Å². The van der Waals surface area contributed by atoms with Crippen LogP contribution in [0.15, 0.2) is 0 Å². The lowest BCUT2D eigenvalue weighted by molar-refractivity contribution is -0.127. The number of methoxy groups -OCH3 is 1. The SMILES string of the molecule is COC1(CNC(=O)CNC(=O)CN)CCC1. The fourth-order valence-electron chi connectivity index (χ4n) is 1.60. The second-order valence-corrected chi connectivity index (χ2v) is 4.00. The monoisotopic (exact) mass is 229 g/mol. The smallest absolute Gasteiger partial charge is 0.239 e. The molecule has 1 aliphatic rings. The summed E-state index contributed by atoms with van der Waals surface area (Å²) in [7, 11) is 1.65. The largest absolute Gasteiger partial charge is 0.376 e. The van der Waals surface area contributed by atoms with Crippen molar-refractivity contribution in [3.8, 4) is 0 Å². The van der Waals surface area contributed by atoms with Gasteiger partial charge in [-0.2, -0.15) is 0 Å². The first kappa shape index (κ1) is 12.9. The summed E-state index contributed by atoms with van der Waals surface area (Å²) in [5, 5.41) is 5.14. The van der Waals surface area contributed by atoms with E-state index in [0.29, 0.717) is 6.54 Å². The van der Waals surface area contributed by atoms with Crippen molar-refractivity contribution in [1.82, 2.24) is 10.6 Å². The second kappa shape index (κ2) is 5.81. The first-order valence-electron chi connectivity index (χ1n) is 5.40. The summed E-state index contributed by atoms with van der Waals surface area (Å²) in [6.45, 7) is 0.367. The van der Waals surface area contributed by atoms with Crippen LogP contribution in [0.3, 0.4) is 0 Å². The van der Waals surface area contributed by atoms with Crippen LogP contribution in [0, 0.1) is 0 Å². The van der Waals surface area contributed by atoms with Crippen molar-refractivity contribution >= 4 is 11.8 Å². The zero-order valence-electron chi connectivity index (χ0n) is 9.54. The molecule has 0 bridgehead atoms. The number of carbonyl (C=O) groups excluding carboxylic acids is 2. The summed E-state index contributed by atoms with van der Waals surface area (Å²) in [4.78, 5) is 22.1. The Morgan fingerprint density at radius 3 is 2.44 bits per heavy atom. The van der Waals surface area contributed by atoms with Crippen LogP contribution in [0.5, 0.6) is 0 Å². The summed E-state index contributed by atoms with van der Waals surface area (Å²) in [5.41, 5.74) is 4.90. The Bertz CT molecular complexity index is 259. The van der Waals surface area contributed by atoms with Crippen molar-refractivity contribution in [2.75, 3.05) is 26.7 Å². The van der Waals surface area contributed by atoms with E-state index in [1.165, 1.54) is 0 Å². The van der Waals surface area contributed by atoms with Crippen molar-refractivity contribution in [3.05, 3.63) is 0 Å². The van der Waals surface area contributed by atoms with Gasteiger partial charge >= 0.3 is 0 Å². The van der Waals surface area contributed by atoms with Gasteiger partial charge in [-0.15, -0.1) is 0 Å². The van der Waals surface area contributed by atoms with Gasteiger partial charge in [0.25, 0.3) is 0 Å². The number of amides is 2. The molecule has 0 unspecified atom stereocenters. The van der Waals surface area contributed by atoms with Gasteiger partial charge < -0.3 is 21.1 Å². The number of hydrogen-bond acceptors (Lipinski definition) is 4. The van der Waals surface area contributed by atoms with Gasteiger partial charge in [0.1, 0.15) is 0 Å². The van der Waals surface area contributed by atoms with Crippen molar-refractivity contribution in [3.63, 3.8) is 0 Å². The standard InChI is InChI=1S/C10H19N3O3/c1-16-10(3-2-4-10)7-13-9(15)6-12-8(14)5-11/h2-7,11H2,1H3,(H,12,14)(H,13,15). The van der Waals surface area contributed by atoms with Crippen LogP contribution in [0.4, 0.5) is 0 Å². The van der Waals surface area contributed by atoms with Crippen LogP contribution in [-0.4, -0.2) is 44.2 Å². The van der Waals surface area contributed by atoms with E-state index in [4.69, 9.17) is 10.5 Å². The molecular formula is C10H19N3O3. The highest BCUT2D eigenvalue weighted by Gasteiger charge is 2.37. The fraction of sp³-hybridized carbons (Fsp3) is 0.800. The lowest BCUT2D eigenvalue weighted by atomic mass is 9.80. The molecule has 0 aromatic carbocycles. The Kier molecular flexibility index (Phi) is 4.70. The molecule has 0 atom stereocenters. The first-order chi connectivity index (χ1) is 7.62. The van der Waals surface area contributed by atoms with Gasteiger partial charge in [-0.1, -0.05) is 0 Å². The van der Waals surface area contributed by atoms with Gasteiger partial charge in [0.05, 0.1) is 18.7 Å². The second-order valence-electron chi connectivity index (χ2n) is 4.00. The molecule has 6 nitrogen and oxygen atoms in total. The molecule has 0 aliphatic heterocycles. The highest BCUT2D eigenvalue weighted by molar-refractivity contribution is 5.85. The van der Waals surface area contributed by atoms with Crippen LogP contribution in [0.2, 0.25) is 0 Å². The number of rotatable bonds is 6. The van der Waals surface area contributed by atoms with Crippen LogP contribution in [0.25, 0.3) is 0 Å². The van der Waals surface area contributed by atoms with Crippen LogP contribution in [-0.2, 0) is 14.3 Å². The van der Waals surface area contributed by atoms with E-state index in [1.807, 2.05) is 0 Å². The van der Waals surface area contributed by atoms with Crippen LogP contribution >= 0.6 is 0 Å². The van der Waals surface area contributed by atoms with Gasteiger partial charge in [-0.3, -0.25) is 9.59 Å². The highest BCUT2D eigenvalue weighted by atomic mass is 16.5. The fourth-order valence-corrected chi connectivity index (χ4v) is 1.60. The Morgan fingerprint density at radius 1 is 1.31 bits per heavy atom. The summed E-state index contributed by atoms with van der Waals surface area (Å²) >= 11 is 0. The van der Waals surface area contributed by atoms with Crippen molar-refractivity contribution in [2.24, 2.45) is 5.73 Å². The minimum atomic E-state index is -0.333. The molecule has 0 heterocycles. The topological polar surface area (TPSA) is 93.5 Å². The molecule has 0 aromatic heterocycles. The maximum atomic E-state index is 11.3. The van der Waals surface area contributed by atoms with Gasteiger partial charge in [0, 0.05) is 13.7 Å². The maximum Gasteiger partial charge on any atom is 0.239 e. The summed E-state index contributed by atoms with van der Waals surface area (Å²) < 4.78 is 5.35. The summed E-state index contributed by atoms with van der Waals surface area (Å²) in [6, 6.07) is 0. The van der Waals surface area contributed by atoms with E-state index in [9.17, 15) is 9.59 Å². The van der Waals surface area contributed by atoms with Crippen LogP contribution in [0.1, 0.15) is 19.3 Å². The molecule has 1 fully saturated rings. The predicted octanol–water partition coefficient (Wildman–Crippen LogP) is -1.25. The van der Waals surface area contributed by atoms with Gasteiger partial charge in [-0.05, 0) is 19.3 Å². The minimum Gasteiger partial charge on any atom is -0.376 e. The van der Waals surface area contributed by atoms with E-state index in [0.717, 1.165) is 19.3 Å². The van der Waals surface area contributed by atoms with Crippen LogP contribution < -0.4 is 16.4 Å². The summed E-state index contributed by atoms with van der Waals surface area (Å²) in [6.07, 6.45) is 3.07. The normalized spacial score (nSPS) is 17.4. The van der Waals surface area contributed by atoms with E-state index >= 15 is 0 Å². The molecule has 2 amide bonds. The molecule has 0 radical (unpaired) electrons. The first-order valence-corrected chi connectivity index (χ1v) is 5.40. The molecule has 92 valence electrons. The number of hydrogen-bond donors (Lipinski definition) is 3. The quantitative estimate of drug-likeness (QED) is 0.530. The lowest BCUT2D eigenvalue weighted by Crippen LogP contribution is -2.51. The molecule has 16 heavy (non-hydrogen) atoms. The Balaban J connectivity index is 2.17. The molecule has 0 aromatic rings. The minimum absolute atomic E-state index is 0.0319. The number of nitrogens with one attached hydrogen (secondary N) is 2. The van der Waals surface area contributed by atoms with Crippen molar-refractivity contribution in [2.45, 2.75) is 24.9 Å². The van der Waals surface area contributed by atoms with Gasteiger partial charge in [0.2, 0.25) is 11.8 Å². The Labute approximate surface area is 94.9 Å². The Morgan fingerprint density at radius 2 is 2.00 bits per heavy atom. The number of nitrogens with two attached hydrogens (primary N) is 1. The van der Waals surface area contributed by atoms with E-state index < -0.39 is 0 Å². The third kappa shape index (κ3) is 3.46. The van der Waals surface area contributed by atoms with E-state index in [1.54, 1.807) is 7.11 Å². The molecular weight excluding hydrogens is 210 g/mol. The zero-order chi connectivity index (χ0) is 12.0. The highest BCUT2D eigenvalue weighted by Crippen LogP contribution is 2.34. The number of ether oxygens (including phenoxy) is 1.